The van der Waals surface area contributed by atoms with Crippen molar-refractivity contribution in [3.05, 3.63) is 56.4 Å². The van der Waals surface area contributed by atoms with Crippen molar-refractivity contribution < 1.29 is 14.3 Å². The summed E-state index contributed by atoms with van der Waals surface area (Å²) in [5, 5.41) is 3.38. The van der Waals surface area contributed by atoms with Crippen LogP contribution in [0.5, 0.6) is 11.5 Å². The molecule has 4 rings (SSSR count). The van der Waals surface area contributed by atoms with Crippen LogP contribution in [0.3, 0.4) is 0 Å². The van der Waals surface area contributed by atoms with Crippen LogP contribution in [0, 0.1) is 13.8 Å². The number of carbonyl (C=O) groups is 1. The smallest absolute Gasteiger partial charge is 0.264 e. The van der Waals surface area contributed by atoms with E-state index >= 15 is 0 Å². The third-order valence-electron chi connectivity index (χ3n) is 4.15. The van der Waals surface area contributed by atoms with E-state index < -0.39 is 0 Å². The minimum absolute atomic E-state index is 0.165. The summed E-state index contributed by atoms with van der Waals surface area (Å²) in [4.78, 5) is 17.4. The number of hydrogen-bond donors (Lipinski definition) is 1. The molecule has 0 saturated carbocycles. The lowest BCUT2D eigenvalue weighted by molar-refractivity contribution is -0.115. The number of aryl methyl sites for hydroxylation is 2. The molecule has 0 radical (unpaired) electrons. The van der Waals surface area contributed by atoms with Crippen LogP contribution < -0.4 is 14.8 Å². The third kappa shape index (κ3) is 3.37. The number of amides is 1. The van der Waals surface area contributed by atoms with Crippen molar-refractivity contribution in [1.82, 2.24) is 5.32 Å². The van der Waals surface area contributed by atoms with Crippen molar-refractivity contribution in [3.63, 3.8) is 0 Å². The lowest BCUT2D eigenvalue weighted by Crippen LogP contribution is -2.19. The number of rotatable bonds is 2. The van der Waals surface area contributed by atoms with E-state index in [1.165, 1.54) is 22.9 Å². The maximum atomic E-state index is 12.3. The molecule has 2 aliphatic heterocycles. The highest BCUT2D eigenvalue weighted by Gasteiger charge is 2.25. The fraction of sp³-hybridized carbons (Fsp3) is 0.158. The van der Waals surface area contributed by atoms with Gasteiger partial charge in [-0.3, -0.25) is 4.79 Å². The first kappa shape index (κ1) is 17.2. The molecule has 2 heterocycles. The van der Waals surface area contributed by atoms with Crippen molar-refractivity contribution in [1.29, 1.82) is 0 Å². The third-order valence-corrected chi connectivity index (χ3v) is 5.75. The van der Waals surface area contributed by atoms with Crippen LogP contribution in [0.2, 0.25) is 0 Å². The van der Waals surface area contributed by atoms with Crippen molar-refractivity contribution in [2.45, 2.75) is 13.8 Å². The molecule has 0 bridgehead atoms. The van der Waals surface area contributed by atoms with Gasteiger partial charge in [0.2, 0.25) is 6.79 Å². The number of halogens is 1. The van der Waals surface area contributed by atoms with Gasteiger partial charge in [-0.2, -0.15) is 0 Å². The van der Waals surface area contributed by atoms with Gasteiger partial charge < -0.3 is 14.8 Å². The number of amidine groups is 1. The van der Waals surface area contributed by atoms with E-state index in [1.54, 1.807) is 0 Å². The Bertz CT molecular complexity index is 985. The largest absolute Gasteiger partial charge is 0.454 e. The highest BCUT2D eigenvalue weighted by atomic mass is 79.9. The highest BCUT2D eigenvalue weighted by Crippen LogP contribution is 2.39. The second-order valence-electron chi connectivity index (χ2n) is 5.98. The number of benzene rings is 2. The maximum Gasteiger partial charge on any atom is 0.264 e. The average molecular weight is 431 g/mol. The first-order chi connectivity index (χ1) is 12.5. The maximum absolute atomic E-state index is 12.3. The Kier molecular flexibility index (Phi) is 4.50. The summed E-state index contributed by atoms with van der Waals surface area (Å²) in [5.41, 5.74) is 4.05. The molecule has 0 spiro atoms. The van der Waals surface area contributed by atoms with Crippen LogP contribution in [0.15, 0.2) is 44.7 Å². The number of aliphatic imine (C=N–C) groups is 1. The second kappa shape index (κ2) is 6.81. The first-order valence-corrected chi connectivity index (χ1v) is 9.56. The molecule has 7 heteroatoms. The predicted molar refractivity (Wildman–Crippen MR) is 107 cm³/mol. The number of hydrogen-bond acceptors (Lipinski definition) is 5. The molecular formula is C19H15BrN2O3S. The van der Waals surface area contributed by atoms with Crippen LogP contribution in [0.25, 0.3) is 6.08 Å². The topological polar surface area (TPSA) is 59.9 Å². The van der Waals surface area contributed by atoms with Crippen LogP contribution in [0.4, 0.5) is 5.69 Å². The summed E-state index contributed by atoms with van der Waals surface area (Å²) in [6.07, 6.45) is 1.81. The molecule has 0 atom stereocenters. The Morgan fingerprint density at radius 3 is 2.69 bits per heavy atom. The van der Waals surface area contributed by atoms with Crippen LogP contribution in [-0.4, -0.2) is 17.9 Å². The monoisotopic (exact) mass is 430 g/mol. The normalized spacial score (nSPS) is 18.7. The van der Waals surface area contributed by atoms with E-state index in [2.05, 4.69) is 33.2 Å². The average Bonchev–Trinajstić information content (AvgIpc) is 3.18. The molecule has 1 N–H and O–H groups in total. The van der Waals surface area contributed by atoms with Gasteiger partial charge in [0.25, 0.3) is 5.91 Å². The van der Waals surface area contributed by atoms with Gasteiger partial charge >= 0.3 is 0 Å². The van der Waals surface area contributed by atoms with Gasteiger partial charge in [-0.05, 0) is 72.6 Å². The molecule has 1 amide bonds. The zero-order valence-corrected chi connectivity index (χ0v) is 16.5. The summed E-state index contributed by atoms with van der Waals surface area (Å²) < 4.78 is 11.6. The molecular weight excluding hydrogens is 416 g/mol. The van der Waals surface area contributed by atoms with Gasteiger partial charge in [-0.1, -0.05) is 22.0 Å². The molecule has 1 fully saturated rings. The summed E-state index contributed by atoms with van der Waals surface area (Å²) in [6.45, 7) is 4.31. The molecule has 26 heavy (non-hydrogen) atoms. The molecule has 5 nitrogen and oxygen atoms in total. The van der Waals surface area contributed by atoms with Crippen molar-refractivity contribution >= 4 is 50.5 Å². The molecule has 2 aromatic rings. The molecule has 132 valence electrons. The van der Waals surface area contributed by atoms with Gasteiger partial charge in [0, 0.05) is 4.47 Å². The Balaban J connectivity index is 1.61. The van der Waals surface area contributed by atoms with E-state index in [-0.39, 0.29) is 12.7 Å². The second-order valence-corrected chi connectivity index (χ2v) is 7.86. The lowest BCUT2D eigenvalue weighted by atomic mass is 10.1. The van der Waals surface area contributed by atoms with Gasteiger partial charge in [0.1, 0.15) is 0 Å². The van der Waals surface area contributed by atoms with Crippen LogP contribution in [0.1, 0.15) is 16.7 Å². The van der Waals surface area contributed by atoms with E-state index in [1.807, 2.05) is 43.3 Å². The number of nitrogens with one attached hydrogen (secondary N) is 1. The summed E-state index contributed by atoms with van der Waals surface area (Å²) >= 11 is 4.83. The SMILES string of the molecule is Cc1ccc(N=C2NC(=O)/C(=C/c3cc4c(cc3Br)OCO4)S2)cc1C. The summed E-state index contributed by atoms with van der Waals surface area (Å²) in [6, 6.07) is 9.67. The van der Waals surface area contributed by atoms with E-state index in [9.17, 15) is 4.79 Å². The van der Waals surface area contributed by atoms with Gasteiger partial charge in [-0.15, -0.1) is 0 Å². The number of nitrogens with zero attached hydrogens (tertiary/aromatic N) is 1. The number of ether oxygens (including phenoxy) is 2. The molecule has 2 aliphatic rings. The quantitative estimate of drug-likeness (QED) is 0.702. The van der Waals surface area contributed by atoms with E-state index in [0.717, 1.165) is 15.7 Å². The van der Waals surface area contributed by atoms with Crippen molar-refractivity contribution in [3.8, 4) is 11.5 Å². The Morgan fingerprint density at radius 2 is 1.92 bits per heavy atom. The van der Waals surface area contributed by atoms with Crippen LogP contribution in [-0.2, 0) is 4.79 Å². The number of carbonyl (C=O) groups excluding carboxylic acids is 1. The van der Waals surface area contributed by atoms with Crippen molar-refractivity contribution in [2.24, 2.45) is 4.99 Å². The lowest BCUT2D eigenvalue weighted by Gasteiger charge is -2.02. The molecule has 0 unspecified atom stereocenters. The molecule has 0 aromatic heterocycles. The summed E-state index contributed by atoms with van der Waals surface area (Å²) in [7, 11) is 0. The minimum atomic E-state index is -0.165. The van der Waals surface area contributed by atoms with Gasteiger partial charge in [-0.25, -0.2) is 4.99 Å². The Labute approximate surface area is 163 Å². The molecule has 2 aromatic carbocycles. The fourth-order valence-electron chi connectivity index (χ4n) is 2.58. The Morgan fingerprint density at radius 1 is 1.15 bits per heavy atom. The predicted octanol–water partition coefficient (Wildman–Crippen LogP) is 4.69. The standard InChI is InChI=1S/C19H15BrN2O3S/c1-10-3-4-13(5-11(10)2)21-19-22-18(23)17(26-19)7-12-6-15-16(8-14(12)20)25-9-24-15/h3-8H,9H2,1-2H3,(H,21,22,23)/b17-7-. The van der Waals surface area contributed by atoms with E-state index in [4.69, 9.17) is 9.47 Å². The zero-order chi connectivity index (χ0) is 18.3. The molecule has 1 saturated heterocycles. The first-order valence-electron chi connectivity index (χ1n) is 7.95. The van der Waals surface area contributed by atoms with Gasteiger partial charge in [0.15, 0.2) is 16.7 Å². The van der Waals surface area contributed by atoms with Gasteiger partial charge in [0.05, 0.1) is 10.6 Å². The highest BCUT2D eigenvalue weighted by molar-refractivity contribution is 9.10. The zero-order valence-electron chi connectivity index (χ0n) is 14.1. The fourth-order valence-corrected chi connectivity index (χ4v) is 3.85. The minimum Gasteiger partial charge on any atom is -0.454 e. The number of fused-ring (bicyclic) bond motifs is 1. The Hall–Kier alpha value is -2.25. The number of thioether (sulfide) groups is 1. The van der Waals surface area contributed by atoms with E-state index in [0.29, 0.717) is 21.6 Å². The van der Waals surface area contributed by atoms with Crippen molar-refractivity contribution in [2.75, 3.05) is 6.79 Å². The summed E-state index contributed by atoms with van der Waals surface area (Å²) in [5.74, 6) is 1.20. The van der Waals surface area contributed by atoms with Crippen LogP contribution >= 0.6 is 27.7 Å². The molecule has 0 aliphatic carbocycles.